The number of rotatable bonds is 6. The number of benzene rings is 2. The second-order valence-corrected chi connectivity index (χ2v) is 7.14. The molecule has 2 aromatic carbocycles. The van der Waals surface area contributed by atoms with E-state index in [9.17, 15) is 9.59 Å². The molecule has 0 spiro atoms. The maximum atomic E-state index is 12.3. The van der Waals surface area contributed by atoms with E-state index in [4.69, 9.17) is 0 Å². The number of carbonyl (C=O) groups excluding carboxylic acids is 2. The van der Waals surface area contributed by atoms with Crippen LogP contribution in [0.5, 0.6) is 0 Å². The van der Waals surface area contributed by atoms with E-state index in [1.54, 1.807) is 24.3 Å². The van der Waals surface area contributed by atoms with Gasteiger partial charge in [-0.25, -0.2) is 4.79 Å². The lowest BCUT2D eigenvalue weighted by atomic mass is 9.98. The molecule has 0 saturated heterocycles. The van der Waals surface area contributed by atoms with Crippen molar-refractivity contribution in [2.75, 3.05) is 23.7 Å². The van der Waals surface area contributed by atoms with Crippen molar-refractivity contribution in [2.24, 2.45) is 0 Å². The molecule has 3 N–H and O–H groups in total. The average molecular weight is 380 g/mol. The van der Waals surface area contributed by atoms with Crippen LogP contribution in [0.4, 0.5) is 16.2 Å². The number of carbonyl (C=O) groups is 2. The van der Waals surface area contributed by atoms with Gasteiger partial charge in [0.15, 0.2) is 0 Å². The van der Waals surface area contributed by atoms with Gasteiger partial charge in [0, 0.05) is 44.0 Å². The van der Waals surface area contributed by atoms with Crippen LogP contribution in [0.1, 0.15) is 31.4 Å². The highest BCUT2D eigenvalue weighted by molar-refractivity contribution is 5.91. The molecular weight excluding hydrogens is 352 g/mol. The summed E-state index contributed by atoms with van der Waals surface area (Å²) >= 11 is 0. The Kier molecular flexibility index (Phi) is 6.66. The molecule has 0 aliphatic carbocycles. The molecule has 1 aliphatic rings. The Morgan fingerprint density at radius 1 is 1.00 bits per heavy atom. The van der Waals surface area contributed by atoms with E-state index in [2.05, 4.69) is 52.0 Å². The molecule has 0 fully saturated rings. The zero-order valence-corrected chi connectivity index (χ0v) is 16.5. The summed E-state index contributed by atoms with van der Waals surface area (Å²) in [6.07, 6.45) is 2.04. The Morgan fingerprint density at radius 2 is 1.64 bits per heavy atom. The third-order valence-corrected chi connectivity index (χ3v) is 5.11. The van der Waals surface area contributed by atoms with Gasteiger partial charge in [-0.05, 0) is 48.2 Å². The van der Waals surface area contributed by atoms with E-state index in [1.165, 1.54) is 18.1 Å². The molecule has 1 aliphatic heterocycles. The maximum absolute atomic E-state index is 12.3. The summed E-state index contributed by atoms with van der Waals surface area (Å²) in [6, 6.07) is 15.7. The van der Waals surface area contributed by atoms with Crippen LogP contribution in [0.3, 0.4) is 0 Å². The summed E-state index contributed by atoms with van der Waals surface area (Å²) in [4.78, 5) is 25.8. The van der Waals surface area contributed by atoms with Crippen LogP contribution in [0.2, 0.25) is 0 Å². The minimum absolute atomic E-state index is 0.121. The van der Waals surface area contributed by atoms with Gasteiger partial charge in [0.1, 0.15) is 0 Å². The van der Waals surface area contributed by atoms with E-state index >= 15 is 0 Å². The van der Waals surface area contributed by atoms with Gasteiger partial charge in [-0.3, -0.25) is 9.69 Å². The van der Waals surface area contributed by atoms with Gasteiger partial charge < -0.3 is 16.0 Å². The summed E-state index contributed by atoms with van der Waals surface area (Å²) in [7, 11) is 0. The second-order valence-electron chi connectivity index (χ2n) is 7.14. The topological polar surface area (TPSA) is 73.5 Å². The number of nitrogens with one attached hydrogen (secondary N) is 3. The number of nitrogens with zero attached hydrogens (tertiary/aromatic N) is 1. The smallest absolute Gasteiger partial charge is 0.319 e. The minimum Gasteiger partial charge on any atom is -0.336 e. The standard InChI is InChI=1S/C22H28N4O2/c1-3-21(26-13-12-17-6-4-5-7-18(17)15-26)14-23-22(28)25-20-10-8-19(9-11-20)24-16(2)27/h4-11,21H,3,12-15H2,1-2H3,(H,24,27)(H2,23,25,28). The van der Waals surface area contributed by atoms with Gasteiger partial charge in [-0.15, -0.1) is 0 Å². The average Bonchev–Trinajstić information content (AvgIpc) is 2.69. The van der Waals surface area contributed by atoms with Crippen LogP contribution >= 0.6 is 0 Å². The van der Waals surface area contributed by atoms with Crippen LogP contribution in [-0.2, 0) is 17.8 Å². The van der Waals surface area contributed by atoms with E-state index in [0.29, 0.717) is 24.0 Å². The fourth-order valence-electron chi connectivity index (χ4n) is 3.59. The Balaban J connectivity index is 1.49. The number of hydrogen-bond donors (Lipinski definition) is 3. The molecule has 1 atom stereocenters. The fourth-order valence-corrected chi connectivity index (χ4v) is 3.59. The highest BCUT2D eigenvalue weighted by Gasteiger charge is 2.22. The first kappa shape index (κ1) is 19.9. The number of hydrogen-bond acceptors (Lipinski definition) is 3. The molecule has 148 valence electrons. The molecule has 2 aromatic rings. The summed E-state index contributed by atoms with van der Waals surface area (Å²) in [5.41, 5.74) is 4.21. The van der Waals surface area contributed by atoms with Crippen molar-refractivity contribution in [3.05, 3.63) is 59.7 Å². The second kappa shape index (κ2) is 9.37. The Labute approximate surface area is 166 Å². The molecule has 6 heteroatoms. The first-order chi connectivity index (χ1) is 13.5. The number of fused-ring (bicyclic) bond motifs is 1. The summed E-state index contributed by atoms with van der Waals surface area (Å²) in [6.45, 7) is 6.18. The third-order valence-electron chi connectivity index (χ3n) is 5.11. The number of amides is 3. The van der Waals surface area contributed by atoms with Gasteiger partial charge in [0.05, 0.1) is 0 Å². The van der Waals surface area contributed by atoms with Crippen molar-refractivity contribution < 1.29 is 9.59 Å². The number of urea groups is 1. The van der Waals surface area contributed by atoms with Gasteiger partial charge in [-0.2, -0.15) is 0 Å². The summed E-state index contributed by atoms with van der Waals surface area (Å²) in [5, 5.41) is 8.53. The first-order valence-corrected chi connectivity index (χ1v) is 9.78. The monoisotopic (exact) mass is 380 g/mol. The van der Waals surface area contributed by atoms with Gasteiger partial charge in [0.25, 0.3) is 0 Å². The summed E-state index contributed by atoms with van der Waals surface area (Å²) in [5.74, 6) is -0.121. The predicted octanol–water partition coefficient (Wildman–Crippen LogP) is 3.60. The quantitative estimate of drug-likeness (QED) is 0.717. The largest absolute Gasteiger partial charge is 0.336 e. The number of anilines is 2. The molecule has 0 aromatic heterocycles. The molecule has 0 saturated carbocycles. The molecule has 0 bridgehead atoms. The normalized spacial score (nSPS) is 14.6. The van der Waals surface area contributed by atoms with Gasteiger partial charge >= 0.3 is 6.03 Å². The fraction of sp³-hybridized carbons (Fsp3) is 0.364. The summed E-state index contributed by atoms with van der Waals surface area (Å²) < 4.78 is 0. The molecule has 0 radical (unpaired) electrons. The van der Waals surface area contributed by atoms with Crippen molar-refractivity contribution in [3.63, 3.8) is 0 Å². The lowest BCUT2D eigenvalue weighted by molar-refractivity contribution is -0.114. The van der Waals surface area contributed by atoms with Crippen LogP contribution in [0, 0.1) is 0 Å². The van der Waals surface area contributed by atoms with Crippen molar-refractivity contribution in [3.8, 4) is 0 Å². The van der Waals surface area contributed by atoms with Crippen molar-refractivity contribution >= 4 is 23.3 Å². The van der Waals surface area contributed by atoms with Gasteiger partial charge in [-0.1, -0.05) is 31.2 Å². The molecule has 6 nitrogen and oxygen atoms in total. The zero-order chi connectivity index (χ0) is 19.9. The molecular formula is C22H28N4O2. The highest BCUT2D eigenvalue weighted by Crippen LogP contribution is 2.21. The van der Waals surface area contributed by atoms with Crippen molar-refractivity contribution in [1.29, 1.82) is 0 Å². The predicted molar refractivity (Wildman–Crippen MR) is 112 cm³/mol. The van der Waals surface area contributed by atoms with Crippen LogP contribution in [0.15, 0.2) is 48.5 Å². The van der Waals surface area contributed by atoms with Crippen LogP contribution in [-0.4, -0.2) is 36.0 Å². The first-order valence-electron chi connectivity index (χ1n) is 9.78. The van der Waals surface area contributed by atoms with Crippen molar-refractivity contribution in [1.82, 2.24) is 10.2 Å². The SMILES string of the molecule is CCC(CNC(=O)Nc1ccc(NC(C)=O)cc1)N1CCc2ccccc2C1. The lowest BCUT2D eigenvalue weighted by Gasteiger charge is -2.35. The Bertz CT molecular complexity index is 820. The third kappa shape index (κ3) is 5.33. The van der Waals surface area contributed by atoms with Crippen LogP contribution in [0.25, 0.3) is 0 Å². The molecule has 1 heterocycles. The van der Waals surface area contributed by atoms with Crippen LogP contribution < -0.4 is 16.0 Å². The Morgan fingerprint density at radius 3 is 2.29 bits per heavy atom. The minimum atomic E-state index is -0.219. The molecule has 28 heavy (non-hydrogen) atoms. The van der Waals surface area contributed by atoms with Crippen molar-refractivity contribution in [2.45, 2.75) is 39.3 Å². The Hall–Kier alpha value is -2.86. The van der Waals surface area contributed by atoms with E-state index in [1.807, 2.05) is 0 Å². The molecule has 1 unspecified atom stereocenters. The highest BCUT2D eigenvalue weighted by atomic mass is 16.2. The zero-order valence-electron chi connectivity index (χ0n) is 16.5. The van der Waals surface area contributed by atoms with Gasteiger partial charge in [0.2, 0.25) is 5.91 Å². The van der Waals surface area contributed by atoms with E-state index in [-0.39, 0.29) is 11.9 Å². The lowest BCUT2D eigenvalue weighted by Crippen LogP contribution is -2.46. The maximum Gasteiger partial charge on any atom is 0.319 e. The van der Waals surface area contributed by atoms with E-state index in [0.717, 1.165) is 25.9 Å². The molecule has 3 rings (SSSR count). The van der Waals surface area contributed by atoms with E-state index < -0.39 is 0 Å². The molecule has 3 amide bonds.